The van der Waals surface area contributed by atoms with Crippen molar-refractivity contribution >= 4 is 17.4 Å². The van der Waals surface area contributed by atoms with Crippen LogP contribution in [0.15, 0.2) is 47.4 Å². The van der Waals surface area contributed by atoms with Crippen molar-refractivity contribution in [2.24, 2.45) is 0 Å². The highest BCUT2D eigenvalue weighted by molar-refractivity contribution is 7.98. The summed E-state index contributed by atoms with van der Waals surface area (Å²) in [6, 6.07) is 13.3. The van der Waals surface area contributed by atoms with Crippen molar-refractivity contribution in [3.05, 3.63) is 59.4 Å². The van der Waals surface area contributed by atoms with Crippen LogP contribution < -0.4 is 5.73 Å². The molecule has 0 atom stereocenters. The van der Waals surface area contributed by atoms with Crippen molar-refractivity contribution in [2.75, 3.05) is 5.73 Å². The van der Waals surface area contributed by atoms with Gasteiger partial charge in [0, 0.05) is 16.3 Å². The molecule has 0 amide bonds. The fraction of sp³-hybridized carbons (Fsp3) is 0.200. The zero-order chi connectivity index (χ0) is 13.0. The van der Waals surface area contributed by atoms with Gasteiger partial charge < -0.3 is 5.73 Å². The predicted octanol–water partition coefficient (Wildman–Crippen LogP) is 4.26. The summed E-state index contributed by atoms with van der Waals surface area (Å²) in [6.45, 7) is 2.13. The van der Waals surface area contributed by atoms with Gasteiger partial charge in [0.2, 0.25) is 0 Å². The van der Waals surface area contributed by atoms with E-state index < -0.39 is 0 Å². The topological polar surface area (TPSA) is 26.0 Å². The average Bonchev–Trinajstić information content (AvgIpc) is 2.38. The Morgan fingerprint density at radius 1 is 1.06 bits per heavy atom. The zero-order valence-corrected chi connectivity index (χ0v) is 11.1. The van der Waals surface area contributed by atoms with E-state index >= 15 is 0 Å². The molecular formula is C15H16FNS. The van der Waals surface area contributed by atoms with E-state index in [2.05, 4.69) is 31.2 Å². The molecule has 0 fully saturated rings. The van der Waals surface area contributed by atoms with Gasteiger partial charge in [0.25, 0.3) is 0 Å². The van der Waals surface area contributed by atoms with Crippen LogP contribution in [0.5, 0.6) is 0 Å². The molecule has 0 aliphatic rings. The van der Waals surface area contributed by atoms with E-state index in [1.165, 1.54) is 29.0 Å². The molecule has 2 N–H and O–H groups in total. The number of anilines is 1. The molecule has 3 heteroatoms. The number of nitrogen functional groups attached to an aromatic ring is 1. The van der Waals surface area contributed by atoms with Gasteiger partial charge in [-0.15, -0.1) is 11.8 Å². The Hall–Kier alpha value is -1.48. The Morgan fingerprint density at radius 2 is 1.72 bits per heavy atom. The molecule has 0 heterocycles. The zero-order valence-electron chi connectivity index (χ0n) is 10.3. The summed E-state index contributed by atoms with van der Waals surface area (Å²) in [5, 5.41) is 0. The summed E-state index contributed by atoms with van der Waals surface area (Å²) in [7, 11) is 0. The van der Waals surface area contributed by atoms with Gasteiger partial charge >= 0.3 is 0 Å². The molecule has 0 saturated heterocycles. The SMILES string of the molecule is CCc1ccc(CSc2ccc(N)cc2F)cc1. The number of hydrogen-bond acceptors (Lipinski definition) is 2. The number of benzene rings is 2. The Bertz CT molecular complexity index is 523. The Labute approximate surface area is 111 Å². The molecule has 0 saturated carbocycles. The molecule has 0 aliphatic heterocycles. The molecule has 94 valence electrons. The Balaban J connectivity index is 2.02. The normalized spacial score (nSPS) is 10.6. The van der Waals surface area contributed by atoms with E-state index in [-0.39, 0.29) is 5.82 Å². The lowest BCUT2D eigenvalue weighted by Gasteiger charge is -2.05. The third-order valence-corrected chi connectivity index (χ3v) is 3.90. The number of thioether (sulfide) groups is 1. The lowest BCUT2D eigenvalue weighted by molar-refractivity contribution is 0.603. The van der Waals surface area contributed by atoms with E-state index in [1.807, 2.05) is 0 Å². The van der Waals surface area contributed by atoms with E-state index in [0.717, 1.165) is 12.2 Å². The fourth-order valence-corrected chi connectivity index (χ4v) is 2.54. The van der Waals surface area contributed by atoms with E-state index in [0.29, 0.717) is 10.6 Å². The van der Waals surface area contributed by atoms with Crippen molar-refractivity contribution in [3.63, 3.8) is 0 Å². The van der Waals surface area contributed by atoms with Crippen LogP contribution in [0.1, 0.15) is 18.1 Å². The molecule has 2 aromatic rings. The molecule has 0 radical (unpaired) electrons. The molecule has 0 unspecified atom stereocenters. The molecule has 0 bridgehead atoms. The minimum atomic E-state index is -0.245. The van der Waals surface area contributed by atoms with Gasteiger partial charge in [0.15, 0.2) is 0 Å². The van der Waals surface area contributed by atoms with Crippen molar-refractivity contribution in [1.29, 1.82) is 0 Å². The number of rotatable bonds is 4. The first kappa shape index (κ1) is 13.0. The lowest BCUT2D eigenvalue weighted by atomic mass is 10.1. The van der Waals surface area contributed by atoms with E-state index in [9.17, 15) is 4.39 Å². The molecule has 0 aliphatic carbocycles. The second-order valence-corrected chi connectivity index (χ2v) is 5.17. The monoisotopic (exact) mass is 261 g/mol. The Kier molecular flexibility index (Phi) is 4.26. The standard InChI is InChI=1S/C15H16FNS/c1-2-11-3-5-12(6-4-11)10-18-15-8-7-13(17)9-14(15)16/h3-9H,2,10,17H2,1H3. The summed E-state index contributed by atoms with van der Waals surface area (Å²) in [5.74, 6) is 0.523. The molecule has 2 rings (SSSR count). The maximum absolute atomic E-state index is 13.6. The van der Waals surface area contributed by atoms with Gasteiger partial charge in [-0.3, -0.25) is 0 Å². The first-order valence-electron chi connectivity index (χ1n) is 5.94. The van der Waals surface area contributed by atoms with Gasteiger partial charge in [0.1, 0.15) is 5.82 Å². The van der Waals surface area contributed by atoms with Crippen LogP contribution in [0.2, 0.25) is 0 Å². The second-order valence-electron chi connectivity index (χ2n) is 4.15. The van der Waals surface area contributed by atoms with Gasteiger partial charge in [0.05, 0.1) is 0 Å². The van der Waals surface area contributed by atoms with Crippen molar-refractivity contribution in [2.45, 2.75) is 24.0 Å². The first-order valence-corrected chi connectivity index (χ1v) is 6.93. The van der Waals surface area contributed by atoms with E-state index in [1.54, 1.807) is 12.1 Å². The van der Waals surface area contributed by atoms with E-state index in [4.69, 9.17) is 5.73 Å². The summed E-state index contributed by atoms with van der Waals surface area (Å²) >= 11 is 1.49. The molecule has 1 nitrogen and oxygen atoms in total. The smallest absolute Gasteiger partial charge is 0.138 e. The minimum absolute atomic E-state index is 0.245. The van der Waals surface area contributed by atoms with Gasteiger partial charge in [-0.1, -0.05) is 31.2 Å². The highest BCUT2D eigenvalue weighted by Gasteiger charge is 2.03. The minimum Gasteiger partial charge on any atom is -0.399 e. The Morgan fingerprint density at radius 3 is 2.33 bits per heavy atom. The van der Waals surface area contributed by atoms with Crippen LogP contribution in [0, 0.1) is 5.82 Å². The van der Waals surface area contributed by atoms with Gasteiger partial charge in [-0.05, 0) is 35.7 Å². The van der Waals surface area contributed by atoms with Gasteiger partial charge in [-0.2, -0.15) is 0 Å². The van der Waals surface area contributed by atoms with Crippen molar-refractivity contribution < 1.29 is 4.39 Å². The maximum Gasteiger partial charge on any atom is 0.138 e. The molecule has 0 spiro atoms. The second kappa shape index (κ2) is 5.91. The molecular weight excluding hydrogens is 245 g/mol. The van der Waals surface area contributed by atoms with Crippen LogP contribution in [0.3, 0.4) is 0 Å². The summed E-state index contributed by atoms with van der Waals surface area (Å²) < 4.78 is 13.6. The van der Waals surface area contributed by atoms with Crippen LogP contribution in [0.4, 0.5) is 10.1 Å². The highest BCUT2D eigenvalue weighted by atomic mass is 32.2. The largest absolute Gasteiger partial charge is 0.399 e. The number of halogens is 1. The number of hydrogen-bond donors (Lipinski definition) is 1. The maximum atomic E-state index is 13.6. The number of nitrogens with two attached hydrogens (primary N) is 1. The number of aryl methyl sites for hydroxylation is 1. The molecule has 0 aromatic heterocycles. The van der Waals surface area contributed by atoms with Crippen LogP contribution in [0.25, 0.3) is 0 Å². The predicted molar refractivity (Wildman–Crippen MR) is 76.2 cm³/mol. The van der Waals surface area contributed by atoms with Crippen molar-refractivity contribution in [3.8, 4) is 0 Å². The quantitative estimate of drug-likeness (QED) is 0.657. The van der Waals surface area contributed by atoms with Crippen LogP contribution in [-0.2, 0) is 12.2 Å². The fourth-order valence-electron chi connectivity index (χ4n) is 1.67. The highest BCUT2D eigenvalue weighted by Crippen LogP contribution is 2.26. The van der Waals surface area contributed by atoms with Crippen LogP contribution >= 0.6 is 11.8 Å². The molecule has 18 heavy (non-hydrogen) atoms. The summed E-state index contributed by atoms with van der Waals surface area (Å²) in [4.78, 5) is 0.642. The van der Waals surface area contributed by atoms with Crippen molar-refractivity contribution in [1.82, 2.24) is 0 Å². The average molecular weight is 261 g/mol. The van der Waals surface area contributed by atoms with Gasteiger partial charge in [-0.25, -0.2) is 4.39 Å². The van der Waals surface area contributed by atoms with Crippen LogP contribution in [-0.4, -0.2) is 0 Å². The lowest BCUT2D eigenvalue weighted by Crippen LogP contribution is -1.89. The first-order chi connectivity index (χ1) is 8.69. The molecule has 2 aromatic carbocycles. The summed E-state index contributed by atoms with van der Waals surface area (Å²) in [6.07, 6.45) is 1.04. The third kappa shape index (κ3) is 3.26. The summed E-state index contributed by atoms with van der Waals surface area (Å²) in [5.41, 5.74) is 8.50. The third-order valence-electron chi connectivity index (χ3n) is 2.78.